The molecular weight excluding hydrogens is 330 g/mol. The van der Waals surface area contributed by atoms with Crippen molar-refractivity contribution in [2.75, 3.05) is 0 Å². The van der Waals surface area contributed by atoms with Crippen molar-refractivity contribution in [1.29, 1.82) is 0 Å². The molecule has 0 aliphatic rings. The maximum Gasteiger partial charge on any atom is 0.339 e. The van der Waals surface area contributed by atoms with Crippen LogP contribution in [0.25, 0.3) is 10.8 Å². The van der Waals surface area contributed by atoms with Gasteiger partial charge in [0.1, 0.15) is 10.6 Å². The van der Waals surface area contributed by atoms with Gasteiger partial charge in [-0.1, -0.05) is 36.4 Å². The molecule has 0 aromatic heterocycles. The Labute approximate surface area is 138 Å². The van der Waals surface area contributed by atoms with Crippen LogP contribution in [0, 0.1) is 17.0 Å². The van der Waals surface area contributed by atoms with Gasteiger partial charge in [0.15, 0.2) is 0 Å². The molecule has 0 atom stereocenters. The Bertz CT molecular complexity index is 1040. The molecule has 7 heteroatoms. The van der Waals surface area contributed by atoms with Crippen LogP contribution >= 0.6 is 0 Å². The zero-order valence-electron chi connectivity index (χ0n) is 12.7. The van der Waals surface area contributed by atoms with Gasteiger partial charge in [-0.25, -0.2) is 0 Å². The van der Waals surface area contributed by atoms with Crippen LogP contribution < -0.4 is 4.18 Å². The number of fused-ring (bicyclic) bond motifs is 1. The van der Waals surface area contributed by atoms with Crippen molar-refractivity contribution >= 4 is 26.6 Å². The lowest BCUT2D eigenvalue weighted by Crippen LogP contribution is -2.11. The Kier molecular flexibility index (Phi) is 3.94. The quantitative estimate of drug-likeness (QED) is 0.408. The fourth-order valence-electron chi connectivity index (χ4n) is 2.36. The van der Waals surface area contributed by atoms with Gasteiger partial charge < -0.3 is 4.18 Å². The molecule has 0 heterocycles. The Morgan fingerprint density at radius 2 is 1.67 bits per heavy atom. The second-order valence-electron chi connectivity index (χ2n) is 5.25. The molecule has 24 heavy (non-hydrogen) atoms. The summed E-state index contributed by atoms with van der Waals surface area (Å²) in [5.41, 5.74) is 0.0719. The first-order valence-electron chi connectivity index (χ1n) is 7.05. The highest BCUT2D eigenvalue weighted by molar-refractivity contribution is 7.87. The summed E-state index contributed by atoms with van der Waals surface area (Å²) in [6.45, 7) is 1.56. The predicted molar refractivity (Wildman–Crippen MR) is 89.6 cm³/mol. The van der Waals surface area contributed by atoms with Gasteiger partial charge in [0.2, 0.25) is 0 Å². The third-order valence-corrected chi connectivity index (χ3v) is 4.97. The van der Waals surface area contributed by atoms with E-state index in [1.54, 1.807) is 25.1 Å². The number of non-ortho nitro benzene ring substituents is 1. The van der Waals surface area contributed by atoms with Gasteiger partial charge in [-0.05, 0) is 35.4 Å². The number of aryl methyl sites for hydroxylation is 1. The molecule has 0 spiro atoms. The molecule has 122 valence electrons. The first-order valence-corrected chi connectivity index (χ1v) is 8.46. The molecule has 0 radical (unpaired) electrons. The molecule has 3 aromatic carbocycles. The van der Waals surface area contributed by atoms with Gasteiger partial charge in [-0.2, -0.15) is 8.42 Å². The fraction of sp³-hybridized carbons (Fsp3) is 0.0588. The maximum atomic E-state index is 12.5. The van der Waals surface area contributed by atoms with Gasteiger partial charge >= 0.3 is 10.1 Å². The van der Waals surface area contributed by atoms with Gasteiger partial charge in [0, 0.05) is 12.1 Å². The normalized spacial score (nSPS) is 11.4. The van der Waals surface area contributed by atoms with E-state index in [9.17, 15) is 18.5 Å². The predicted octanol–water partition coefficient (Wildman–Crippen LogP) is 3.82. The molecule has 0 unspecified atom stereocenters. The minimum Gasteiger partial charge on any atom is -0.379 e. The summed E-state index contributed by atoms with van der Waals surface area (Å²) in [6.07, 6.45) is 0. The third kappa shape index (κ3) is 3.07. The van der Waals surface area contributed by atoms with Gasteiger partial charge in [0.25, 0.3) is 5.69 Å². The van der Waals surface area contributed by atoms with E-state index in [1.165, 1.54) is 12.1 Å². The second-order valence-corrected chi connectivity index (χ2v) is 6.77. The number of nitro benzene ring substituents is 1. The van der Waals surface area contributed by atoms with Crippen molar-refractivity contribution < 1.29 is 17.5 Å². The Morgan fingerprint density at radius 1 is 0.958 bits per heavy atom. The summed E-state index contributed by atoms with van der Waals surface area (Å²) in [7, 11) is -4.17. The summed E-state index contributed by atoms with van der Waals surface area (Å²) in [6, 6.07) is 16.0. The van der Waals surface area contributed by atoms with Crippen LogP contribution in [0.5, 0.6) is 5.75 Å². The average Bonchev–Trinajstić information content (AvgIpc) is 2.54. The molecule has 0 aliphatic carbocycles. The summed E-state index contributed by atoms with van der Waals surface area (Å²) < 4.78 is 30.1. The number of hydrogen-bond acceptors (Lipinski definition) is 5. The largest absolute Gasteiger partial charge is 0.379 e. The Morgan fingerprint density at radius 3 is 2.38 bits per heavy atom. The first kappa shape index (κ1) is 15.9. The molecule has 0 fully saturated rings. The van der Waals surface area contributed by atoms with Crippen LogP contribution in [0.2, 0.25) is 0 Å². The minimum atomic E-state index is -4.17. The van der Waals surface area contributed by atoms with Crippen molar-refractivity contribution in [2.45, 2.75) is 11.8 Å². The van der Waals surface area contributed by atoms with E-state index < -0.39 is 15.0 Å². The van der Waals surface area contributed by atoms with Crippen LogP contribution in [0.1, 0.15) is 5.56 Å². The van der Waals surface area contributed by atoms with E-state index in [0.717, 1.165) is 16.8 Å². The van der Waals surface area contributed by atoms with E-state index in [-0.39, 0.29) is 16.3 Å². The molecular formula is C17H13NO5S. The SMILES string of the molecule is Cc1ccc([N+](=O)[O-])cc1S(=O)(=O)Oc1ccc2ccccc2c1. The summed E-state index contributed by atoms with van der Waals surface area (Å²) >= 11 is 0. The summed E-state index contributed by atoms with van der Waals surface area (Å²) in [5.74, 6) is 0.152. The minimum absolute atomic E-state index is 0.152. The van der Waals surface area contributed by atoms with Crippen LogP contribution in [-0.4, -0.2) is 13.3 Å². The van der Waals surface area contributed by atoms with Crippen molar-refractivity contribution in [2.24, 2.45) is 0 Å². The molecule has 3 aromatic rings. The van der Waals surface area contributed by atoms with E-state index >= 15 is 0 Å². The molecule has 0 aliphatic heterocycles. The van der Waals surface area contributed by atoms with Crippen molar-refractivity contribution in [3.05, 3.63) is 76.3 Å². The number of hydrogen-bond donors (Lipinski definition) is 0. The lowest BCUT2D eigenvalue weighted by Gasteiger charge is -2.10. The molecule has 0 saturated carbocycles. The summed E-state index contributed by atoms with van der Waals surface area (Å²) in [4.78, 5) is 10.0. The molecule has 0 amide bonds. The number of nitrogens with zero attached hydrogens (tertiary/aromatic N) is 1. The van der Waals surface area contributed by atoms with E-state index in [2.05, 4.69) is 0 Å². The number of nitro groups is 1. The lowest BCUT2D eigenvalue weighted by molar-refractivity contribution is -0.385. The first-order chi connectivity index (χ1) is 11.4. The molecule has 6 nitrogen and oxygen atoms in total. The second kappa shape index (κ2) is 5.93. The number of benzene rings is 3. The van der Waals surface area contributed by atoms with Crippen molar-refractivity contribution in [3.63, 3.8) is 0 Å². The van der Waals surface area contributed by atoms with Gasteiger partial charge in [0.05, 0.1) is 4.92 Å². The standard InChI is InChI=1S/C17H13NO5S/c1-12-6-8-15(18(19)20)11-17(12)24(21,22)23-16-9-7-13-4-2-3-5-14(13)10-16/h2-11H,1H3. The third-order valence-electron chi connectivity index (χ3n) is 3.58. The Hall–Kier alpha value is -2.93. The van der Waals surface area contributed by atoms with Crippen LogP contribution in [0.15, 0.2) is 65.6 Å². The highest BCUT2D eigenvalue weighted by atomic mass is 32.2. The highest BCUT2D eigenvalue weighted by Crippen LogP contribution is 2.27. The van der Waals surface area contributed by atoms with E-state index in [4.69, 9.17) is 4.18 Å². The molecule has 3 rings (SSSR count). The van der Waals surface area contributed by atoms with Gasteiger partial charge in [-0.3, -0.25) is 10.1 Å². The fourth-order valence-corrected chi connectivity index (χ4v) is 3.54. The van der Waals surface area contributed by atoms with Crippen molar-refractivity contribution in [3.8, 4) is 5.75 Å². The smallest absolute Gasteiger partial charge is 0.339 e. The van der Waals surface area contributed by atoms with Gasteiger partial charge in [-0.15, -0.1) is 0 Å². The van der Waals surface area contributed by atoms with Crippen molar-refractivity contribution in [1.82, 2.24) is 0 Å². The zero-order chi connectivity index (χ0) is 17.3. The zero-order valence-corrected chi connectivity index (χ0v) is 13.5. The molecule has 0 saturated heterocycles. The number of rotatable bonds is 4. The Balaban J connectivity index is 2.01. The van der Waals surface area contributed by atoms with E-state index in [0.29, 0.717) is 5.56 Å². The lowest BCUT2D eigenvalue weighted by atomic mass is 10.1. The summed E-state index contributed by atoms with van der Waals surface area (Å²) in [5, 5.41) is 12.7. The molecule has 0 bridgehead atoms. The maximum absolute atomic E-state index is 12.5. The molecule has 0 N–H and O–H groups in total. The van der Waals surface area contributed by atoms with E-state index in [1.807, 2.05) is 24.3 Å². The topological polar surface area (TPSA) is 86.5 Å². The highest BCUT2D eigenvalue weighted by Gasteiger charge is 2.22. The van der Waals surface area contributed by atoms with Crippen LogP contribution in [0.4, 0.5) is 5.69 Å². The average molecular weight is 343 g/mol. The van der Waals surface area contributed by atoms with Crippen LogP contribution in [0.3, 0.4) is 0 Å². The van der Waals surface area contributed by atoms with Crippen LogP contribution in [-0.2, 0) is 10.1 Å². The monoisotopic (exact) mass is 343 g/mol.